The lowest BCUT2D eigenvalue weighted by atomic mass is 10.0. The molecule has 1 aromatic carbocycles. The van der Waals surface area contributed by atoms with Gasteiger partial charge in [0, 0.05) is 19.9 Å². The summed E-state index contributed by atoms with van der Waals surface area (Å²) in [5.74, 6) is -0.707. The summed E-state index contributed by atoms with van der Waals surface area (Å²) in [6.07, 6.45) is 0. The Hall–Kier alpha value is -2.44. The molecule has 0 unspecified atom stereocenters. The van der Waals surface area contributed by atoms with Crippen LogP contribution in [0.15, 0.2) is 6.07 Å². The summed E-state index contributed by atoms with van der Waals surface area (Å²) in [7, 11) is 0. The molecule has 0 saturated heterocycles. The molecule has 19 heavy (non-hydrogen) atoms. The molecule has 0 saturated carbocycles. The molecule has 7 nitrogen and oxygen atoms in total. The topological polar surface area (TPSA) is 101 Å². The first-order chi connectivity index (χ1) is 8.73. The van der Waals surface area contributed by atoms with Gasteiger partial charge in [0.2, 0.25) is 11.8 Å². The van der Waals surface area contributed by atoms with Crippen molar-refractivity contribution in [2.45, 2.75) is 27.7 Å². The van der Waals surface area contributed by atoms with E-state index in [2.05, 4.69) is 10.6 Å². The van der Waals surface area contributed by atoms with E-state index in [9.17, 15) is 19.7 Å². The van der Waals surface area contributed by atoms with Crippen LogP contribution in [0.5, 0.6) is 0 Å². The molecule has 102 valence electrons. The van der Waals surface area contributed by atoms with Gasteiger partial charge in [-0.15, -0.1) is 0 Å². The Labute approximate surface area is 110 Å². The van der Waals surface area contributed by atoms with E-state index in [4.69, 9.17) is 0 Å². The van der Waals surface area contributed by atoms with E-state index in [1.54, 1.807) is 13.8 Å². The molecule has 1 aromatic rings. The summed E-state index contributed by atoms with van der Waals surface area (Å²) in [6, 6.07) is 1.25. The first kappa shape index (κ1) is 14.6. The second kappa shape index (κ2) is 5.47. The fourth-order valence-corrected chi connectivity index (χ4v) is 1.70. The number of amides is 2. The number of nitro groups is 1. The van der Waals surface area contributed by atoms with E-state index < -0.39 is 10.8 Å². The van der Waals surface area contributed by atoms with Gasteiger partial charge in [0.05, 0.1) is 10.6 Å². The Bertz CT molecular complexity index is 567. The van der Waals surface area contributed by atoms with Gasteiger partial charge in [0.25, 0.3) is 5.69 Å². The number of carbonyl (C=O) groups excluding carboxylic acids is 2. The van der Waals surface area contributed by atoms with Gasteiger partial charge < -0.3 is 10.6 Å². The summed E-state index contributed by atoms with van der Waals surface area (Å²) in [5.41, 5.74) is 1.50. The van der Waals surface area contributed by atoms with Gasteiger partial charge in [0.15, 0.2) is 0 Å². The molecule has 0 bridgehead atoms. The summed E-state index contributed by atoms with van der Waals surface area (Å²) in [6.45, 7) is 5.97. The maximum atomic E-state index is 11.1. The molecular formula is C12H15N3O4. The predicted octanol–water partition coefficient (Wildman–Crippen LogP) is 2.13. The largest absolute Gasteiger partial charge is 0.326 e. The highest BCUT2D eigenvalue weighted by Gasteiger charge is 2.21. The third-order valence-corrected chi connectivity index (χ3v) is 2.69. The van der Waals surface area contributed by atoms with Crippen LogP contribution in [0, 0.1) is 24.0 Å². The molecule has 0 aliphatic rings. The Balaban J connectivity index is 3.48. The van der Waals surface area contributed by atoms with Crippen LogP contribution in [0.25, 0.3) is 0 Å². The van der Waals surface area contributed by atoms with Gasteiger partial charge >= 0.3 is 0 Å². The smallest absolute Gasteiger partial charge is 0.295 e. The highest BCUT2D eigenvalue weighted by atomic mass is 16.6. The number of nitro benzene ring substituents is 1. The lowest BCUT2D eigenvalue weighted by Crippen LogP contribution is -2.13. The van der Waals surface area contributed by atoms with Crippen molar-refractivity contribution in [3.05, 3.63) is 27.3 Å². The molecule has 0 atom stereocenters. The Morgan fingerprint density at radius 2 is 1.63 bits per heavy atom. The van der Waals surface area contributed by atoms with Crippen molar-refractivity contribution in [3.8, 4) is 0 Å². The molecule has 7 heteroatoms. The van der Waals surface area contributed by atoms with Gasteiger partial charge in [-0.3, -0.25) is 19.7 Å². The minimum Gasteiger partial charge on any atom is -0.326 e. The summed E-state index contributed by atoms with van der Waals surface area (Å²) in [4.78, 5) is 32.6. The average Bonchev–Trinajstić information content (AvgIpc) is 2.27. The summed E-state index contributed by atoms with van der Waals surface area (Å²) >= 11 is 0. The first-order valence-corrected chi connectivity index (χ1v) is 5.57. The molecule has 2 N–H and O–H groups in total. The van der Waals surface area contributed by atoms with E-state index in [1.165, 1.54) is 19.9 Å². The Morgan fingerprint density at radius 3 is 2.05 bits per heavy atom. The summed E-state index contributed by atoms with van der Waals surface area (Å²) < 4.78 is 0. The molecule has 2 amide bonds. The van der Waals surface area contributed by atoms with Crippen LogP contribution in [-0.2, 0) is 9.59 Å². The minimum absolute atomic E-state index is 0.157. The van der Waals surface area contributed by atoms with Crippen molar-refractivity contribution < 1.29 is 14.5 Å². The number of nitrogens with zero attached hydrogens (tertiary/aromatic N) is 1. The first-order valence-electron chi connectivity index (χ1n) is 5.57. The highest BCUT2D eigenvalue weighted by Crippen LogP contribution is 2.35. The molecule has 0 fully saturated rings. The molecule has 0 heterocycles. The zero-order chi connectivity index (χ0) is 14.7. The second-order valence-corrected chi connectivity index (χ2v) is 4.19. The van der Waals surface area contributed by atoms with Gasteiger partial charge in [-0.2, -0.15) is 0 Å². The van der Waals surface area contributed by atoms with Gasteiger partial charge in [-0.25, -0.2) is 0 Å². The number of hydrogen-bond donors (Lipinski definition) is 2. The van der Waals surface area contributed by atoms with Crippen molar-refractivity contribution in [2.75, 3.05) is 10.6 Å². The lowest BCUT2D eigenvalue weighted by Gasteiger charge is -2.14. The van der Waals surface area contributed by atoms with E-state index in [-0.39, 0.29) is 17.3 Å². The number of rotatable bonds is 3. The van der Waals surface area contributed by atoms with Gasteiger partial charge in [-0.1, -0.05) is 0 Å². The standard InChI is InChI=1S/C12H15N3O4/c1-6-7(2)12(14-9(4)17)11(15(18)19)5-10(6)13-8(3)16/h5H,1-4H3,(H,13,16)(H,14,17). The number of nitrogens with one attached hydrogen (secondary N) is 2. The van der Waals surface area contributed by atoms with Crippen LogP contribution in [0.3, 0.4) is 0 Å². The van der Waals surface area contributed by atoms with E-state index >= 15 is 0 Å². The van der Waals surface area contributed by atoms with Crippen LogP contribution in [0.4, 0.5) is 17.1 Å². The normalized spacial score (nSPS) is 9.89. The SMILES string of the molecule is CC(=O)Nc1cc([N+](=O)[O-])c(NC(C)=O)c(C)c1C. The van der Waals surface area contributed by atoms with Crippen molar-refractivity contribution in [1.82, 2.24) is 0 Å². The second-order valence-electron chi connectivity index (χ2n) is 4.19. The number of benzene rings is 1. The van der Waals surface area contributed by atoms with Crippen molar-refractivity contribution in [1.29, 1.82) is 0 Å². The molecule has 0 aliphatic carbocycles. The van der Waals surface area contributed by atoms with Crippen LogP contribution in [-0.4, -0.2) is 16.7 Å². The fourth-order valence-electron chi connectivity index (χ4n) is 1.70. The van der Waals surface area contributed by atoms with Crippen LogP contribution in [0.1, 0.15) is 25.0 Å². The quantitative estimate of drug-likeness (QED) is 0.645. The van der Waals surface area contributed by atoms with Crippen molar-refractivity contribution in [3.63, 3.8) is 0 Å². The predicted molar refractivity (Wildman–Crippen MR) is 71.2 cm³/mol. The Morgan fingerprint density at radius 1 is 1.11 bits per heavy atom. The van der Waals surface area contributed by atoms with Gasteiger partial charge in [0.1, 0.15) is 5.69 Å². The number of anilines is 2. The van der Waals surface area contributed by atoms with Crippen LogP contribution < -0.4 is 10.6 Å². The number of carbonyl (C=O) groups is 2. The zero-order valence-electron chi connectivity index (χ0n) is 11.2. The molecule has 0 aliphatic heterocycles. The molecule has 0 aromatic heterocycles. The minimum atomic E-state index is -0.594. The highest BCUT2D eigenvalue weighted by molar-refractivity contribution is 5.96. The third-order valence-electron chi connectivity index (χ3n) is 2.69. The van der Waals surface area contributed by atoms with Crippen LogP contribution in [0.2, 0.25) is 0 Å². The van der Waals surface area contributed by atoms with E-state index in [0.717, 1.165) is 0 Å². The van der Waals surface area contributed by atoms with Gasteiger partial charge in [-0.05, 0) is 25.0 Å². The maximum Gasteiger partial charge on any atom is 0.295 e. The van der Waals surface area contributed by atoms with Crippen molar-refractivity contribution >= 4 is 28.9 Å². The fraction of sp³-hybridized carbons (Fsp3) is 0.333. The van der Waals surface area contributed by atoms with Crippen molar-refractivity contribution in [2.24, 2.45) is 0 Å². The lowest BCUT2D eigenvalue weighted by molar-refractivity contribution is -0.383. The molecule has 0 radical (unpaired) electrons. The number of hydrogen-bond acceptors (Lipinski definition) is 4. The maximum absolute atomic E-state index is 11.1. The summed E-state index contributed by atoms with van der Waals surface area (Å²) in [5, 5.41) is 16.0. The Kier molecular flexibility index (Phi) is 4.21. The zero-order valence-corrected chi connectivity index (χ0v) is 11.2. The molecule has 1 rings (SSSR count). The molecule has 0 spiro atoms. The van der Waals surface area contributed by atoms with E-state index in [0.29, 0.717) is 16.8 Å². The molecular weight excluding hydrogens is 250 g/mol. The third kappa shape index (κ3) is 3.27. The van der Waals surface area contributed by atoms with Crippen LogP contribution >= 0.6 is 0 Å². The average molecular weight is 265 g/mol. The monoisotopic (exact) mass is 265 g/mol. The van der Waals surface area contributed by atoms with E-state index in [1.807, 2.05) is 0 Å².